The normalized spacial score (nSPS) is 11.5. The minimum absolute atomic E-state index is 0.781. The average Bonchev–Trinajstić information content (AvgIpc) is 3.50. The monoisotopic (exact) mass is 604 g/mol. The Kier molecular flexibility index (Phi) is 7.48. The molecule has 46 heavy (non-hydrogen) atoms. The summed E-state index contributed by atoms with van der Waals surface area (Å²) in [6.07, 6.45) is 3.87. The van der Waals surface area contributed by atoms with Gasteiger partial charge in [-0.2, -0.15) is 5.10 Å². The molecule has 0 aliphatic carbocycles. The van der Waals surface area contributed by atoms with Crippen LogP contribution in [-0.2, 0) is 6.42 Å². The molecular weight excluding hydrogens is 564 g/mol. The predicted molar refractivity (Wildman–Crippen MR) is 190 cm³/mol. The highest BCUT2D eigenvalue weighted by atomic mass is 16.5. The number of hydrogen-bond acceptors (Lipinski definition) is 3. The molecule has 3 aromatic heterocycles. The average molecular weight is 605 g/mol. The Morgan fingerprint density at radius 3 is 2.20 bits per heavy atom. The Bertz CT molecular complexity index is 2250. The van der Waals surface area contributed by atoms with Gasteiger partial charge in [0.25, 0.3) is 0 Å². The molecule has 3 heterocycles. The molecule has 0 radical (unpaired) electrons. The van der Waals surface area contributed by atoms with Crippen LogP contribution in [-0.4, -0.2) is 19.3 Å². The number of aryl methyl sites for hydroxylation is 6. The first-order valence-corrected chi connectivity index (χ1v) is 16.1. The van der Waals surface area contributed by atoms with Gasteiger partial charge in [0.2, 0.25) is 0 Å². The van der Waals surface area contributed by atoms with E-state index in [0.717, 1.165) is 58.3 Å². The molecule has 0 fully saturated rings. The van der Waals surface area contributed by atoms with Crippen molar-refractivity contribution in [2.75, 3.05) is 0 Å². The maximum Gasteiger partial charge on any atom is 0.137 e. The van der Waals surface area contributed by atoms with E-state index < -0.39 is 0 Å². The van der Waals surface area contributed by atoms with Crippen molar-refractivity contribution in [3.05, 3.63) is 130 Å². The van der Waals surface area contributed by atoms with E-state index in [1.165, 1.54) is 49.7 Å². The molecule has 0 saturated heterocycles. The first-order valence-electron chi connectivity index (χ1n) is 16.1. The van der Waals surface area contributed by atoms with Crippen molar-refractivity contribution < 1.29 is 4.74 Å². The van der Waals surface area contributed by atoms with Crippen LogP contribution in [0.25, 0.3) is 44.4 Å². The number of para-hydroxylation sites is 1. The molecule has 4 aromatic carbocycles. The molecule has 5 heteroatoms. The van der Waals surface area contributed by atoms with Crippen LogP contribution in [0.1, 0.15) is 52.5 Å². The van der Waals surface area contributed by atoms with Crippen LogP contribution in [0, 0.1) is 41.5 Å². The Hall–Kier alpha value is -5.16. The molecule has 0 unspecified atom stereocenters. The molecule has 0 spiro atoms. The summed E-state index contributed by atoms with van der Waals surface area (Å²) in [7, 11) is 0. The van der Waals surface area contributed by atoms with Gasteiger partial charge in [0.15, 0.2) is 0 Å². The van der Waals surface area contributed by atoms with Crippen LogP contribution in [0.3, 0.4) is 0 Å². The van der Waals surface area contributed by atoms with E-state index in [2.05, 4.69) is 137 Å². The molecule has 7 rings (SSSR count). The van der Waals surface area contributed by atoms with E-state index in [-0.39, 0.29) is 0 Å². The van der Waals surface area contributed by atoms with Crippen LogP contribution >= 0.6 is 0 Å². The molecule has 0 saturated carbocycles. The van der Waals surface area contributed by atoms with E-state index >= 15 is 0 Å². The number of hydrogen-bond donors (Lipinski definition) is 0. The largest absolute Gasteiger partial charge is 0.457 e. The summed E-state index contributed by atoms with van der Waals surface area (Å²) in [5.74, 6) is 2.48. The van der Waals surface area contributed by atoms with Gasteiger partial charge in [-0.1, -0.05) is 49.2 Å². The van der Waals surface area contributed by atoms with Gasteiger partial charge in [-0.15, -0.1) is 0 Å². The van der Waals surface area contributed by atoms with Gasteiger partial charge < -0.3 is 4.74 Å². The smallest absolute Gasteiger partial charge is 0.137 e. The number of pyridine rings is 1. The van der Waals surface area contributed by atoms with Crippen molar-refractivity contribution in [2.24, 2.45) is 0 Å². The maximum atomic E-state index is 6.68. The van der Waals surface area contributed by atoms with Crippen LogP contribution in [0.15, 0.2) is 91.1 Å². The van der Waals surface area contributed by atoms with Crippen molar-refractivity contribution in [3.63, 3.8) is 0 Å². The highest BCUT2D eigenvalue weighted by Gasteiger charge is 2.20. The second-order valence-corrected chi connectivity index (χ2v) is 12.6. The summed E-state index contributed by atoms with van der Waals surface area (Å²) in [4.78, 5) is 4.74. The molecule has 5 nitrogen and oxygen atoms in total. The predicted octanol–water partition coefficient (Wildman–Crippen LogP) is 10.6. The van der Waals surface area contributed by atoms with Crippen molar-refractivity contribution in [2.45, 2.75) is 61.3 Å². The van der Waals surface area contributed by atoms with Crippen LogP contribution in [0.5, 0.6) is 11.5 Å². The molecule has 7 aromatic rings. The van der Waals surface area contributed by atoms with E-state index in [4.69, 9.17) is 14.8 Å². The van der Waals surface area contributed by atoms with Crippen molar-refractivity contribution in [3.8, 4) is 34.1 Å². The van der Waals surface area contributed by atoms with Gasteiger partial charge in [0.1, 0.15) is 17.3 Å². The third-order valence-corrected chi connectivity index (χ3v) is 8.96. The second kappa shape index (κ2) is 11.6. The first kappa shape index (κ1) is 29.5. The zero-order valence-electron chi connectivity index (χ0n) is 27.8. The Balaban J connectivity index is 1.33. The molecular formula is C41H40N4O. The highest BCUT2D eigenvalue weighted by molar-refractivity contribution is 6.09. The number of rotatable bonds is 7. The minimum atomic E-state index is 0.781. The molecule has 0 atom stereocenters. The molecule has 0 amide bonds. The van der Waals surface area contributed by atoms with Crippen LogP contribution in [0.4, 0.5) is 0 Å². The molecule has 0 bridgehead atoms. The summed E-state index contributed by atoms with van der Waals surface area (Å²) in [6.45, 7) is 15.2. The zero-order valence-corrected chi connectivity index (χ0v) is 27.8. The molecule has 0 aliphatic heterocycles. The third-order valence-electron chi connectivity index (χ3n) is 8.96. The summed E-state index contributed by atoms with van der Waals surface area (Å²) in [5, 5.41) is 7.44. The molecule has 230 valence electrons. The number of aromatic nitrogens is 4. The Morgan fingerprint density at radius 1 is 0.674 bits per heavy atom. The Morgan fingerprint density at radius 2 is 1.43 bits per heavy atom. The highest BCUT2D eigenvalue weighted by Crippen LogP contribution is 2.37. The summed E-state index contributed by atoms with van der Waals surface area (Å²) in [6, 6.07) is 30.1. The first-order chi connectivity index (χ1) is 22.2. The fourth-order valence-corrected chi connectivity index (χ4v) is 7.13. The minimum Gasteiger partial charge on any atom is -0.457 e. The van der Waals surface area contributed by atoms with E-state index in [1.54, 1.807) is 0 Å². The third kappa shape index (κ3) is 5.16. The zero-order chi connectivity index (χ0) is 32.1. The van der Waals surface area contributed by atoms with Gasteiger partial charge in [-0.05, 0) is 118 Å². The van der Waals surface area contributed by atoms with Crippen LogP contribution in [0.2, 0.25) is 0 Å². The quantitative estimate of drug-likeness (QED) is 0.182. The number of ether oxygens (including phenoxy) is 1. The fraction of sp³-hybridized carbons (Fsp3) is 0.220. The maximum absolute atomic E-state index is 6.68. The van der Waals surface area contributed by atoms with Gasteiger partial charge in [-0.3, -0.25) is 4.57 Å². The van der Waals surface area contributed by atoms with Gasteiger partial charge in [-0.25, -0.2) is 9.67 Å². The number of benzene rings is 4. The second-order valence-electron chi connectivity index (χ2n) is 12.6. The number of fused-ring (bicyclic) bond motifs is 3. The van der Waals surface area contributed by atoms with Gasteiger partial charge in [0, 0.05) is 40.4 Å². The summed E-state index contributed by atoms with van der Waals surface area (Å²) < 4.78 is 11.0. The summed E-state index contributed by atoms with van der Waals surface area (Å²) in [5.41, 5.74) is 14.1. The standard InChI is InChI=1S/C41H40N4O/c1-8-11-31-21-32(45-30(7)41(29(6)43-45)40-27(4)18-26(3)19-28(40)5)23-34(22-31)46-33-14-15-36-35-12-9-10-13-37(35)44(38(36)24-33)39-20-25(2)16-17-42-39/h9-10,12-24H,8,11H2,1-7H3. The summed E-state index contributed by atoms with van der Waals surface area (Å²) >= 11 is 0. The van der Waals surface area contributed by atoms with Crippen molar-refractivity contribution in [1.82, 2.24) is 19.3 Å². The Labute approximate surface area is 271 Å². The SMILES string of the molecule is CCCc1cc(Oc2ccc3c4ccccc4n(-c4cc(C)ccn4)c3c2)cc(-n2nc(C)c(-c3c(C)cc(C)cc3C)c2C)c1. The van der Waals surface area contributed by atoms with E-state index in [1.807, 2.05) is 12.3 Å². The lowest BCUT2D eigenvalue weighted by Crippen LogP contribution is -2.02. The van der Waals surface area contributed by atoms with E-state index in [0.29, 0.717) is 0 Å². The lowest BCUT2D eigenvalue weighted by atomic mass is 9.92. The topological polar surface area (TPSA) is 44.9 Å². The fourth-order valence-electron chi connectivity index (χ4n) is 7.13. The lowest BCUT2D eigenvalue weighted by Gasteiger charge is -2.14. The van der Waals surface area contributed by atoms with Gasteiger partial charge in [0.05, 0.1) is 22.4 Å². The molecule has 0 N–H and O–H groups in total. The molecule has 0 aliphatic rings. The lowest BCUT2D eigenvalue weighted by molar-refractivity contribution is 0.482. The van der Waals surface area contributed by atoms with E-state index in [9.17, 15) is 0 Å². The number of nitrogens with zero attached hydrogens (tertiary/aromatic N) is 4. The van der Waals surface area contributed by atoms with Crippen LogP contribution < -0.4 is 4.74 Å². The van der Waals surface area contributed by atoms with Crippen molar-refractivity contribution >= 4 is 21.8 Å². The van der Waals surface area contributed by atoms with Gasteiger partial charge >= 0.3 is 0 Å². The van der Waals surface area contributed by atoms with Crippen molar-refractivity contribution in [1.29, 1.82) is 0 Å².